The lowest BCUT2D eigenvalue weighted by Gasteiger charge is -2.49. The number of anilines is 1. The third kappa shape index (κ3) is 3.09. The summed E-state index contributed by atoms with van der Waals surface area (Å²) >= 11 is 0. The van der Waals surface area contributed by atoms with E-state index in [2.05, 4.69) is 53.8 Å². The summed E-state index contributed by atoms with van der Waals surface area (Å²) in [6.45, 7) is 10.5. The summed E-state index contributed by atoms with van der Waals surface area (Å²) in [4.78, 5) is 17.1. The molecule has 2 aliphatic heterocycles. The molecular formula is C21H30N4O. The van der Waals surface area contributed by atoms with Crippen LogP contribution in [0.5, 0.6) is 0 Å². The number of carbonyl (C=O) groups is 1. The molecule has 1 aromatic carbocycles. The van der Waals surface area contributed by atoms with Crippen LogP contribution in [0.15, 0.2) is 24.3 Å². The molecule has 0 saturated carbocycles. The van der Waals surface area contributed by atoms with Crippen molar-refractivity contribution in [2.75, 3.05) is 25.0 Å². The van der Waals surface area contributed by atoms with Gasteiger partial charge < -0.3 is 14.8 Å². The highest BCUT2D eigenvalue weighted by Gasteiger charge is 2.37. The fourth-order valence-corrected chi connectivity index (χ4v) is 4.60. The van der Waals surface area contributed by atoms with Crippen molar-refractivity contribution in [1.82, 2.24) is 14.4 Å². The zero-order valence-corrected chi connectivity index (χ0v) is 16.2. The quantitative estimate of drug-likeness (QED) is 0.903. The van der Waals surface area contributed by atoms with Gasteiger partial charge in [-0.05, 0) is 64.4 Å². The van der Waals surface area contributed by atoms with E-state index in [1.54, 1.807) is 0 Å². The van der Waals surface area contributed by atoms with E-state index in [-0.39, 0.29) is 6.03 Å². The first-order valence-corrected chi connectivity index (χ1v) is 9.98. The molecule has 2 fully saturated rings. The first kappa shape index (κ1) is 17.4. The third-order valence-corrected chi connectivity index (χ3v) is 6.15. The largest absolute Gasteiger partial charge is 0.345 e. The van der Waals surface area contributed by atoms with E-state index in [0.29, 0.717) is 12.1 Å². The zero-order chi connectivity index (χ0) is 18.3. The van der Waals surface area contributed by atoms with Crippen molar-refractivity contribution < 1.29 is 4.79 Å². The van der Waals surface area contributed by atoms with Crippen molar-refractivity contribution >= 4 is 22.6 Å². The van der Waals surface area contributed by atoms with Crippen LogP contribution in [0.3, 0.4) is 0 Å². The van der Waals surface area contributed by atoms with E-state index < -0.39 is 0 Å². The number of piperidine rings is 1. The van der Waals surface area contributed by atoms with Crippen LogP contribution in [0.2, 0.25) is 0 Å². The average molecular weight is 354 g/mol. The van der Waals surface area contributed by atoms with Crippen LogP contribution in [0.4, 0.5) is 10.5 Å². The highest BCUT2D eigenvalue weighted by molar-refractivity contribution is 5.93. The van der Waals surface area contributed by atoms with E-state index in [9.17, 15) is 4.79 Å². The highest BCUT2D eigenvalue weighted by Crippen LogP contribution is 2.26. The van der Waals surface area contributed by atoms with E-state index in [4.69, 9.17) is 0 Å². The van der Waals surface area contributed by atoms with Crippen molar-refractivity contribution in [3.63, 3.8) is 0 Å². The Kier molecular flexibility index (Phi) is 4.65. The van der Waals surface area contributed by atoms with Crippen LogP contribution < -0.4 is 5.32 Å². The predicted molar refractivity (Wildman–Crippen MR) is 107 cm³/mol. The molecule has 0 bridgehead atoms. The van der Waals surface area contributed by atoms with E-state index in [1.165, 1.54) is 42.4 Å². The number of hydrogen-bond acceptors (Lipinski definition) is 2. The van der Waals surface area contributed by atoms with Gasteiger partial charge in [0, 0.05) is 54.0 Å². The van der Waals surface area contributed by atoms with Gasteiger partial charge in [0.15, 0.2) is 0 Å². The molecule has 140 valence electrons. The van der Waals surface area contributed by atoms with Crippen LogP contribution >= 0.6 is 0 Å². The number of benzene rings is 1. The Morgan fingerprint density at radius 3 is 2.77 bits per heavy atom. The Morgan fingerprint density at radius 2 is 2.04 bits per heavy atom. The van der Waals surface area contributed by atoms with E-state index in [1.807, 2.05) is 11.0 Å². The van der Waals surface area contributed by atoms with Crippen molar-refractivity contribution in [2.45, 2.75) is 58.7 Å². The maximum atomic E-state index is 12.6. The van der Waals surface area contributed by atoms with Crippen LogP contribution in [0, 0.1) is 6.92 Å². The standard InChI is InChI=1S/C21H30N4O/c1-4-24-16(3)11-17-12-18(8-9-20(17)24)22-21(26)23-13-19(14-23)25-10-6-5-7-15(25)2/h8-9,11-12,15,19H,4-7,10,13-14H2,1-3H3,(H,22,26)/t15-/m1/s1. The van der Waals surface area contributed by atoms with Crippen molar-refractivity contribution in [3.8, 4) is 0 Å². The zero-order valence-electron chi connectivity index (χ0n) is 16.2. The number of rotatable bonds is 3. The smallest absolute Gasteiger partial charge is 0.321 e. The molecule has 2 aliphatic rings. The lowest BCUT2D eigenvalue weighted by Crippen LogP contribution is -2.64. The molecule has 3 heterocycles. The van der Waals surface area contributed by atoms with Gasteiger partial charge in [-0.2, -0.15) is 0 Å². The molecule has 0 aliphatic carbocycles. The first-order valence-electron chi connectivity index (χ1n) is 9.98. The average Bonchev–Trinajstić information content (AvgIpc) is 2.89. The van der Waals surface area contributed by atoms with E-state index in [0.717, 1.165) is 25.3 Å². The minimum atomic E-state index is 0.0249. The molecule has 26 heavy (non-hydrogen) atoms. The maximum Gasteiger partial charge on any atom is 0.321 e. The first-order chi connectivity index (χ1) is 12.6. The fourth-order valence-electron chi connectivity index (χ4n) is 4.60. The van der Waals surface area contributed by atoms with Gasteiger partial charge in [0.2, 0.25) is 0 Å². The molecule has 2 amide bonds. The Morgan fingerprint density at radius 1 is 1.23 bits per heavy atom. The van der Waals surface area contributed by atoms with Crippen molar-refractivity contribution in [1.29, 1.82) is 0 Å². The molecule has 0 radical (unpaired) electrons. The van der Waals surface area contributed by atoms with Crippen molar-refractivity contribution in [3.05, 3.63) is 30.0 Å². The van der Waals surface area contributed by atoms with Gasteiger partial charge in [-0.1, -0.05) is 6.42 Å². The molecule has 2 aromatic rings. The fraction of sp³-hybridized carbons (Fsp3) is 0.571. The number of carbonyl (C=O) groups excluding carboxylic acids is 1. The van der Waals surface area contributed by atoms with Gasteiger partial charge in [0.25, 0.3) is 0 Å². The summed E-state index contributed by atoms with van der Waals surface area (Å²) in [7, 11) is 0. The number of aryl methyl sites for hydroxylation is 2. The number of urea groups is 1. The van der Waals surface area contributed by atoms with Crippen molar-refractivity contribution in [2.24, 2.45) is 0 Å². The predicted octanol–water partition coefficient (Wildman–Crippen LogP) is 4.06. The van der Waals surface area contributed by atoms with Gasteiger partial charge in [-0.15, -0.1) is 0 Å². The minimum Gasteiger partial charge on any atom is -0.345 e. The van der Waals surface area contributed by atoms with Gasteiger partial charge in [0.1, 0.15) is 0 Å². The Balaban J connectivity index is 1.37. The van der Waals surface area contributed by atoms with Crippen LogP contribution in [0.1, 0.15) is 38.8 Å². The number of likely N-dealkylation sites (tertiary alicyclic amines) is 2. The summed E-state index contributed by atoms with van der Waals surface area (Å²) in [6, 6.07) is 9.61. The van der Waals surface area contributed by atoms with Gasteiger partial charge in [-0.25, -0.2) is 4.79 Å². The Hall–Kier alpha value is -2.01. The lowest BCUT2D eigenvalue weighted by atomic mass is 9.98. The van der Waals surface area contributed by atoms with Gasteiger partial charge >= 0.3 is 6.03 Å². The number of amides is 2. The Labute approximate surface area is 155 Å². The monoisotopic (exact) mass is 354 g/mol. The summed E-state index contributed by atoms with van der Waals surface area (Å²) < 4.78 is 2.29. The van der Waals surface area contributed by atoms with Crippen LogP contribution in [-0.4, -0.2) is 52.1 Å². The molecule has 0 unspecified atom stereocenters. The number of nitrogens with one attached hydrogen (secondary N) is 1. The lowest BCUT2D eigenvalue weighted by molar-refractivity contribution is 0.0199. The molecule has 1 atom stereocenters. The number of aromatic nitrogens is 1. The summed E-state index contributed by atoms with van der Waals surface area (Å²) in [5.74, 6) is 0. The maximum absolute atomic E-state index is 12.6. The summed E-state index contributed by atoms with van der Waals surface area (Å²) in [5, 5.41) is 4.26. The number of hydrogen-bond donors (Lipinski definition) is 1. The molecule has 2 saturated heterocycles. The highest BCUT2D eigenvalue weighted by atomic mass is 16.2. The second-order valence-electron chi connectivity index (χ2n) is 7.88. The molecule has 1 aromatic heterocycles. The molecule has 5 nitrogen and oxygen atoms in total. The second-order valence-corrected chi connectivity index (χ2v) is 7.88. The number of fused-ring (bicyclic) bond motifs is 1. The third-order valence-electron chi connectivity index (χ3n) is 6.15. The molecule has 0 spiro atoms. The van der Waals surface area contributed by atoms with Crippen LogP contribution in [0.25, 0.3) is 10.9 Å². The van der Waals surface area contributed by atoms with Crippen LogP contribution in [-0.2, 0) is 6.54 Å². The number of nitrogens with zero attached hydrogens (tertiary/aromatic N) is 3. The summed E-state index contributed by atoms with van der Waals surface area (Å²) in [5.41, 5.74) is 3.36. The Bertz CT molecular complexity index is 806. The minimum absolute atomic E-state index is 0.0249. The topological polar surface area (TPSA) is 40.5 Å². The second kappa shape index (κ2) is 6.95. The summed E-state index contributed by atoms with van der Waals surface area (Å²) in [6.07, 6.45) is 3.93. The van der Waals surface area contributed by atoms with Gasteiger partial charge in [0.05, 0.1) is 0 Å². The molecule has 4 rings (SSSR count). The normalized spacial score (nSPS) is 21.8. The molecule has 5 heteroatoms. The van der Waals surface area contributed by atoms with Gasteiger partial charge in [-0.3, -0.25) is 4.90 Å². The molecule has 1 N–H and O–H groups in total. The SMILES string of the molecule is CCn1c(C)cc2cc(NC(=O)N3CC(N4CCCC[C@H]4C)C3)ccc21. The molecular weight excluding hydrogens is 324 g/mol. The van der Waals surface area contributed by atoms with E-state index >= 15 is 0 Å².